The second-order valence-electron chi connectivity index (χ2n) is 7.97. The van der Waals surface area contributed by atoms with Crippen LogP contribution in [0.15, 0.2) is 67.9 Å². The highest BCUT2D eigenvalue weighted by atomic mass is 79.9. The van der Waals surface area contributed by atoms with Crippen molar-refractivity contribution < 1.29 is 14.1 Å². The number of imide groups is 1. The monoisotopic (exact) mass is 494 g/mol. The number of aromatic nitrogens is 2. The lowest BCUT2D eigenvalue weighted by Gasteiger charge is -2.19. The molecule has 2 aromatic carbocycles. The van der Waals surface area contributed by atoms with Gasteiger partial charge in [0.2, 0.25) is 11.7 Å². The zero-order valence-corrected chi connectivity index (χ0v) is 18.9. The van der Waals surface area contributed by atoms with Gasteiger partial charge in [-0.3, -0.25) is 14.6 Å². The first-order valence-electron chi connectivity index (χ1n) is 10.2. The Bertz CT molecular complexity index is 1210. The number of benzene rings is 2. The van der Waals surface area contributed by atoms with Crippen molar-refractivity contribution in [1.29, 1.82) is 0 Å². The van der Waals surface area contributed by atoms with Crippen LogP contribution in [0.1, 0.15) is 31.2 Å². The molecule has 162 valence electrons. The molecular weight excluding hydrogens is 476 g/mol. The summed E-state index contributed by atoms with van der Waals surface area (Å²) in [6.07, 6.45) is 0. The van der Waals surface area contributed by atoms with E-state index in [1.165, 1.54) is 9.91 Å². The summed E-state index contributed by atoms with van der Waals surface area (Å²) in [7, 11) is 0. The zero-order chi connectivity index (χ0) is 22.4. The SMILES string of the molecule is CC(C)c1ccc(N2C(=O)[C@H]3N=NN(Cc4nc(-c5ccc(Br)cc5)no4)[C@H]3C2=O)cc1. The van der Waals surface area contributed by atoms with Gasteiger partial charge in [-0.25, -0.2) is 4.90 Å². The van der Waals surface area contributed by atoms with Gasteiger partial charge in [0, 0.05) is 10.0 Å². The van der Waals surface area contributed by atoms with Crippen molar-refractivity contribution in [3.05, 3.63) is 64.5 Å². The molecule has 0 unspecified atom stereocenters. The second-order valence-corrected chi connectivity index (χ2v) is 8.88. The number of nitrogens with zero attached hydrogens (tertiary/aromatic N) is 6. The van der Waals surface area contributed by atoms with E-state index in [1.807, 2.05) is 36.4 Å². The van der Waals surface area contributed by atoms with Crippen molar-refractivity contribution in [1.82, 2.24) is 15.1 Å². The summed E-state index contributed by atoms with van der Waals surface area (Å²) in [5.74, 6) is 0.317. The molecule has 0 aliphatic carbocycles. The van der Waals surface area contributed by atoms with Crippen molar-refractivity contribution in [3.63, 3.8) is 0 Å². The molecule has 1 saturated heterocycles. The van der Waals surface area contributed by atoms with Gasteiger partial charge in [0.25, 0.3) is 11.8 Å². The summed E-state index contributed by atoms with van der Waals surface area (Å²) in [6, 6.07) is 13.2. The third-order valence-electron chi connectivity index (χ3n) is 5.54. The standard InChI is InChI=1S/C22H19BrN6O3/c1-12(2)13-5-9-16(10-6-13)29-21(30)18-19(22(29)31)28(27-25-18)11-17-24-20(26-32-17)14-3-7-15(23)8-4-14/h3-10,12,18-19H,11H2,1-2H3/t18-,19+/m0/s1. The van der Waals surface area contributed by atoms with Crippen LogP contribution in [0.2, 0.25) is 0 Å². The van der Waals surface area contributed by atoms with Crippen LogP contribution in [-0.2, 0) is 16.1 Å². The number of carbonyl (C=O) groups is 2. The van der Waals surface area contributed by atoms with Gasteiger partial charge >= 0.3 is 0 Å². The Kier molecular flexibility index (Phi) is 5.09. The minimum atomic E-state index is -0.874. The van der Waals surface area contributed by atoms with Crippen LogP contribution in [0.25, 0.3) is 11.4 Å². The van der Waals surface area contributed by atoms with E-state index in [0.29, 0.717) is 17.4 Å². The molecule has 1 aromatic heterocycles. The van der Waals surface area contributed by atoms with Crippen molar-refractivity contribution in [2.75, 3.05) is 4.90 Å². The first kappa shape index (κ1) is 20.5. The maximum absolute atomic E-state index is 13.1. The molecule has 0 bridgehead atoms. The average molecular weight is 495 g/mol. The third-order valence-corrected chi connectivity index (χ3v) is 6.07. The van der Waals surface area contributed by atoms with Crippen LogP contribution in [0, 0.1) is 0 Å². The minimum Gasteiger partial charge on any atom is -0.337 e. The first-order valence-corrected chi connectivity index (χ1v) is 11.0. The third kappa shape index (κ3) is 3.50. The van der Waals surface area contributed by atoms with Crippen LogP contribution in [0.4, 0.5) is 5.69 Å². The average Bonchev–Trinajstić information content (AvgIpc) is 3.47. The van der Waals surface area contributed by atoms with Crippen LogP contribution in [0.3, 0.4) is 0 Å². The van der Waals surface area contributed by atoms with Crippen molar-refractivity contribution in [2.24, 2.45) is 10.3 Å². The van der Waals surface area contributed by atoms with E-state index in [4.69, 9.17) is 4.52 Å². The number of halogens is 1. The highest BCUT2D eigenvalue weighted by molar-refractivity contribution is 9.10. The van der Waals surface area contributed by atoms with E-state index in [1.54, 1.807) is 12.1 Å². The number of carbonyl (C=O) groups excluding carboxylic acids is 2. The second kappa shape index (κ2) is 7.94. The number of hydrogen-bond donors (Lipinski definition) is 0. The van der Waals surface area contributed by atoms with Gasteiger partial charge in [0.05, 0.1) is 5.69 Å². The number of fused-ring (bicyclic) bond motifs is 1. The molecule has 2 atom stereocenters. The van der Waals surface area contributed by atoms with Crippen LogP contribution >= 0.6 is 15.9 Å². The van der Waals surface area contributed by atoms with E-state index in [-0.39, 0.29) is 24.2 Å². The van der Waals surface area contributed by atoms with Gasteiger partial charge in [0.1, 0.15) is 6.54 Å². The lowest BCUT2D eigenvalue weighted by Crippen LogP contribution is -2.39. The van der Waals surface area contributed by atoms with Crippen molar-refractivity contribution >= 4 is 33.4 Å². The topological polar surface area (TPSA) is 104 Å². The summed E-state index contributed by atoms with van der Waals surface area (Å²) in [6.45, 7) is 4.25. The van der Waals surface area contributed by atoms with E-state index in [0.717, 1.165) is 15.6 Å². The Morgan fingerprint density at radius 1 is 1.03 bits per heavy atom. The molecule has 0 N–H and O–H groups in total. The predicted octanol–water partition coefficient (Wildman–Crippen LogP) is 4.12. The molecule has 2 amide bonds. The van der Waals surface area contributed by atoms with E-state index >= 15 is 0 Å². The Morgan fingerprint density at radius 3 is 2.44 bits per heavy atom. The Hall–Kier alpha value is -3.40. The summed E-state index contributed by atoms with van der Waals surface area (Å²) in [5.41, 5.74) is 2.46. The van der Waals surface area contributed by atoms with Gasteiger partial charge in [-0.2, -0.15) is 10.1 Å². The normalized spacial score (nSPS) is 20.0. The molecule has 3 heterocycles. The summed E-state index contributed by atoms with van der Waals surface area (Å²) in [4.78, 5) is 31.6. The Morgan fingerprint density at radius 2 is 1.75 bits per heavy atom. The molecule has 10 heteroatoms. The van der Waals surface area contributed by atoms with E-state index in [2.05, 4.69) is 50.3 Å². The first-order chi connectivity index (χ1) is 15.4. The molecule has 0 spiro atoms. The van der Waals surface area contributed by atoms with Gasteiger partial charge < -0.3 is 4.52 Å². The van der Waals surface area contributed by atoms with Gasteiger partial charge in [-0.1, -0.05) is 52.3 Å². The number of anilines is 1. The minimum absolute atomic E-state index is 0.0767. The molecule has 0 radical (unpaired) electrons. The van der Waals surface area contributed by atoms with E-state index in [9.17, 15) is 9.59 Å². The fourth-order valence-corrected chi connectivity index (χ4v) is 4.05. The maximum Gasteiger partial charge on any atom is 0.263 e. The van der Waals surface area contributed by atoms with Crippen LogP contribution < -0.4 is 4.90 Å². The Labute approximate surface area is 192 Å². The lowest BCUT2D eigenvalue weighted by molar-refractivity contribution is -0.123. The quantitative estimate of drug-likeness (QED) is 0.494. The van der Waals surface area contributed by atoms with Crippen LogP contribution in [0.5, 0.6) is 0 Å². The molecule has 9 nitrogen and oxygen atoms in total. The molecule has 5 rings (SSSR count). The number of amides is 2. The fraction of sp³-hybridized carbons (Fsp3) is 0.273. The summed E-state index contributed by atoms with van der Waals surface area (Å²) < 4.78 is 6.29. The number of rotatable bonds is 5. The van der Waals surface area contributed by atoms with E-state index < -0.39 is 12.1 Å². The number of hydrogen-bond acceptors (Lipinski definition) is 8. The smallest absolute Gasteiger partial charge is 0.263 e. The van der Waals surface area contributed by atoms with Crippen molar-refractivity contribution in [3.8, 4) is 11.4 Å². The predicted molar refractivity (Wildman–Crippen MR) is 118 cm³/mol. The van der Waals surface area contributed by atoms with Gasteiger partial charge in [-0.05, 0) is 47.9 Å². The molecular formula is C22H19BrN6O3. The zero-order valence-electron chi connectivity index (χ0n) is 17.3. The van der Waals surface area contributed by atoms with Gasteiger partial charge in [-0.15, -0.1) is 0 Å². The summed E-state index contributed by atoms with van der Waals surface area (Å²) in [5, 5.41) is 13.5. The maximum atomic E-state index is 13.1. The molecule has 2 aliphatic heterocycles. The van der Waals surface area contributed by atoms with Crippen LogP contribution in [-0.4, -0.2) is 39.0 Å². The Balaban J connectivity index is 1.34. The molecule has 0 saturated carbocycles. The highest BCUT2D eigenvalue weighted by Crippen LogP contribution is 2.33. The largest absolute Gasteiger partial charge is 0.337 e. The lowest BCUT2D eigenvalue weighted by atomic mass is 10.0. The molecule has 32 heavy (non-hydrogen) atoms. The highest BCUT2D eigenvalue weighted by Gasteiger charge is 2.55. The van der Waals surface area contributed by atoms with Crippen molar-refractivity contribution in [2.45, 2.75) is 38.4 Å². The molecule has 3 aromatic rings. The molecule has 2 aliphatic rings. The molecule has 1 fully saturated rings. The fourth-order valence-electron chi connectivity index (χ4n) is 3.79. The summed E-state index contributed by atoms with van der Waals surface area (Å²) >= 11 is 3.39. The van der Waals surface area contributed by atoms with Gasteiger partial charge in [0.15, 0.2) is 12.1 Å².